The Labute approximate surface area is 115 Å². The van der Waals surface area contributed by atoms with E-state index in [1.54, 1.807) is 0 Å². The highest BCUT2D eigenvalue weighted by Gasteiger charge is 2.29. The number of nitrogens with one attached hydrogen (secondary N) is 1. The molecule has 0 unspecified atom stereocenters. The molecular formula is C15H22ClNO. The molecule has 0 spiro atoms. The van der Waals surface area contributed by atoms with Crippen molar-refractivity contribution in [3.8, 4) is 0 Å². The van der Waals surface area contributed by atoms with Crippen molar-refractivity contribution >= 4 is 17.5 Å². The molecule has 0 fully saturated rings. The van der Waals surface area contributed by atoms with E-state index in [0.29, 0.717) is 5.02 Å². The number of rotatable bonds is 6. The number of carbonyl (C=O) groups excluding carboxylic acids is 1. The van der Waals surface area contributed by atoms with Gasteiger partial charge in [0.05, 0.1) is 5.41 Å². The predicted molar refractivity (Wildman–Crippen MR) is 77.0 cm³/mol. The topological polar surface area (TPSA) is 29.1 Å². The molecule has 0 aliphatic rings. The number of unbranched alkanes of at least 4 members (excludes halogenated alkanes) is 2. The SMILES string of the molecule is CCCCCNC(=O)C(C)(C)c1ccc(Cl)cc1. The summed E-state index contributed by atoms with van der Waals surface area (Å²) >= 11 is 5.86. The van der Waals surface area contributed by atoms with Crippen LogP contribution in [-0.2, 0) is 10.2 Å². The summed E-state index contributed by atoms with van der Waals surface area (Å²) in [5.74, 6) is 0.0703. The first-order valence-corrected chi connectivity index (χ1v) is 6.90. The molecular weight excluding hydrogens is 246 g/mol. The van der Waals surface area contributed by atoms with Gasteiger partial charge in [-0.15, -0.1) is 0 Å². The summed E-state index contributed by atoms with van der Waals surface area (Å²) in [6, 6.07) is 7.47. The fourth-order valence-corrected chi connectivity index (χ4v) is 1.92. The van der Waals surface area contributed by atoms with E-state index in [9.17, 15) is 4.79 Å². The third kappa shape index (κ3) is 4.02. The Hall–Kier alpha value is -1.02. The van der Waals surface area contributed by atoms with Gasteiger partial charge in [-0.1, -0.05) is 43.5 Å². The molecule has 1 rings (SSSR count). The van der Waals surface area contributed by atoms with Gasteiger partial charge in [-0.3, -0.25) is 4.79 Å². The molecule has 0 saturated heterocycles. The summed E-state index contributed by atoms with van der Waals surface area (Å²) in [5, 5.41) is 3.69. The predicted octanol–water partition coefficient (Wildman–Crippen LogP) is 3.92. The molecule has 0 saturated carbocycles. The number of hydrogen-bond donors (Lipinski definition) is 1. The smallest absolute Gasteiger partial charge is 0.230 e. The largest absolute Gasteiger partial charge is 0.355 e. The van der Waals surface area contributed by atoms with Crippen molar-refractivity contribution in [2.75, 3.05) is 6.54 Å². The maximum absolute atomic E-state index is 12.2. The first-order chi connectivity index (χ1) is 8.48. The minimum atomic E-state index is -0.517. The first kappa shape index (κ1) is 15.0. The summed E-state index contributed by atoms with van der Waals surface area (Å²) in [7, 11) is 0. The summed E-state index contributed by atoms with van der Waals surface area (Å²) in [4.78, 5) is 12.2. The van der Waals surface area contributed by atoms with Crippen LogP contribution in [0.2, 0.25) is 5.02 Å². The van der Waals surface area contributed by atoms with Crippen LogP contribution < -0.4 is 5.32 Å². The average molecular weight is 268 g/mol. The van der Waals surface area contributed by atoms with E-state index in [1.165, 1.54) is 0 Å². The van der Waals surface area contributed by atoms with Gasteiger partial charge in [0, 0.05) is 11.6 Å². The fraction of sp³-hybridized carbons (Fsp3) is 0.533. The van der Waals surface area contributed by atoms with Crippen molar-refractivity contribution in [3.63, 3.8) is 0 Å². The minimum absolute atomic E-state index is 0.0703. The Bertz CT molecular complexity index is 384. The Morgan fingerprint density at radius 3 is 2.39 bits per heavy atom. The van der Waals surface area contributed by atoms with Gasteiger partial charge in [-0.05, 0) is 38.0 Å². The van der Waals surface area contributed by atoms with E-state index in [1.807, 2.05) is 38.1 Å². The fourth-order valence-electron chi connectivity index (χ4n) is 1.80. The van der Waals surface area contributed by atoms with Crippen molar-refractivity contribution in [3.05, 3.63) is 34.9 Å². The highest BCUT2D eigenvalue weighted by Crippen LogP contribution is 2.24. The molecule has 0 bridgehead atoms. The van der Waals surface area contributed by atoms with Crippen molar-refractivity contribution in [1.82, 2.24) is 5.32 Å². The Kier molecular flexibility index (Phi) is 5.67. The highest BCUT2D eigenvalue weighted by molar-refractivity contribution is 6.30. The molecule has 1 amide bonds. The summed E-state index contributed by atoms with van der Waals surface area (Å²) in [6.45, 7) is 6.78. The molecule has 18 heavy (non-hydrogen) atoms. The lowest BCUT2D eigenvalue weighted by Gasteiger charge is -2.24. The second-order valence-corrected chi connectivity index (χ2v) is 5.53. The van der Waals surface area contributed by atoms with E-state index < -0.39 is 5.41 Å². The maximum atomic E-state index is 12.2. The van der Waals surface area contributed by atoms with Gasteiger partial charge in [0.2, 0.25) is 5.91 Å². The molecule has 1 aromatic rings. The van der Waals surface area contributed by atoms with Crippen LogP contribution in [0.5, 0.6) is 0 Å². The normalized spacial score (nSPS) is 11.3. The molecule has 0 aliphatic carbocycles. The quantitative estimate of drug-likeness (QED) is 0.778. The van der Waals surface area contributed by atoms with Gasteiger partial charge in [0.1, 0.15) is 0 Å². The van der Waals surface area contributed by atoms with Gasteiger partial charge < -0.3 is 5.32 Å². The Morgan fingerprint density at radius 2 is 1.83 bits per heavy atom. The van der Waals surface area contributed by atoms with Crippen molar-refractivity contribution in [1.29, 1.82) is 0 Å². The molecule has 1 aromatic carbocycles. The lowest BCUT2D eigenvalue weighted by molar-refractivity contribution is -0.125. The Morgan fingerprint density at radius 1 is 1.22 bits per heavy atom. The number of hydrogen-bond acceptors (Lipinski definition) is 1. The number of carbonyl (C=O) groups is 1. The van der Waals surface area contributed by atoms with Crippen LogP contribution in [0.1, 0.15) is 45.6 Å². The second-order valence-electron chi connectivity index (χ2n) is 5.09. The van der Waals surface area contributed by atoms with Crippen LogP contribution in [0, 0.1) is 0 Å². The highest BCUT2D eigenvalue weighted by atomic mass is 35.5. The van der Waals surface area contributed by atoms with Crippen LogP contribution in [0.3, 0.4) is 0 Å². The zero-order chi connectivity index (χ0) is 13.6. The lowest BCUT2D eigenvalue weighted by atomic mass is 9.84. The average Bonchev–Trinajstić information content (AvgIpc) is 2.35. The number of amides is 1. The van der Waals surface area contributed by atoms with Crippen LogP contribution in [-0.4, -0.2) is 12.5 Å². The molecule has 2 nitrogen and oxygen atoms in total. The molecule has 1 N–H and O–H groups in total. The third-order valence-electron chi connectivity index (χ3n) is 3.20. The van der Waals surface area contributed by atoms with Crippen molar-refractivity contribution < 1.29 is 4.79 Å². The van der Waals surface area contributed by atoms with Gasteiger partial charge in [-0.2, -0.15) is 0 Å². The first-order valence-electron chi connectivity index (χ1n) is 6.53. The zero-order valence-corrected chi connectivity index (χ0v) is 12.2. The third-order valence-corrected chi connectivity index (χ3v) is 3.45. The monoisotopic (exact) mass is 267 g/mol. The van der Waals surface area contributed by atoms with Gasteiger partial charge in [0.15, 0.2) is 0 Å². The molecule has 0 heterocycles. The molecule has 0 aliphatic heterocycles. The van der Waals surface area contributed by atoms with Crippen LogP contribution in [0.15, 0.2) is 24.3 Å². The van der Waals surface area contributed by atoms with E-state index >= 15 is 0 Å². The Balaban J connectivity index is 2.61. The van der Waals surface area contributed by atoms with E-state index in [2.05, 4.69) is 12.2 Å². The number of halogens is 1. The molecule has 0 atom stereocenters. The minimum Gasteiger partial charge on any atom is -0.355 e. The van der Waals surface area contributed by atoms with Gasteiger partial charge in [-0.25, -0.2) is 0 Å². The second kappa shape index (κ2) is 6.79. The van der Waals surface area contributed by atoms with Crippen LogP contribution in [0.25, 0.3) is 0 Å². The van der Waals surface area contributed by atoms with Gasteiger partial charge >= 0.3 is 0 Å². The van der Waals surface area contributed by atoms with Crippen molar-refractivity contribution in [2.45, 2.75) is 45.4 Å². The molecule has 3 heteroatoms. The maximum Gasteiger partial charge on any atom is 0.230 e. The van der Waals surface area contributed by atoms with E-state index in [0.717, 1.165) is 31.4 Å². The molecule has 100 valence electrons. The van der Waals surface area contributed by atoms with Crippen molar-refractivity contribution in [2.24, 2.45) is 0 Å². The van der Waals surface area contributed by atoms with E-state index in [4.69, 9.17) is 11.6 Å². The summed E-state index contributed by atoms with van der Waals surface area (Å²) < 4.78 is 0. The van der Waals surface area contributed by atoms with E-state index in [-0.39, 0.29) is 5.91 Å². The standard InChI is InChI=1S/C15H22ClNO/c1-4-5-6-11-17-14(18)15(2,3)12-7-9-13(16)10-8-12/h7-10H,4-6,11H2,1-3H3,(H,17,18). The molecule has 0 aromatic heterocycles. The van der Waals surface area contributed by atoms with Crippen LogP contribution >= 0.6 is 11.6 Å². The van der Waals surface area contributed by atoms with Gasteiger partial charge in [0.25, 0.3) is 0 Å². The summed E-state index contributed by atoms with van der Waals surface area (Å²) in [5.41, 5.74) is 0.469. The lowest BCUT2D eigenvalue weighted by Crippen LogP contribution is -2.40. The zero-order valence-electron chi connectivity index (χ0n) is 11.4. The molecule has 0 radical (unpaired) electrons. The van der Waals surface area contributed by atoms with Crippen LogP contribution in [0.4, 0.5) is 0 Å². The number of benzene rings is 1. The summed E-state index contributed by atoms with van der Waals surface area (Å²) in [6.07, 6.45) is 3.36.